The number of esters is 1. The van der Waals surface area contributed by atoms with Crippen LogP contribution >= 0.6 is 0 Å². The van der Waals surface area contributed by atoms with Crippen molar-refractivity contribution >= 4 is 16.0 Å². The van der Waals surface area contributed by atoms with Gasteiger partial charge in [0.25, 0.3) is 0 Å². The molecule has 156 valence electrons. The van der Waals surface area contributed by atoms with Gasteiger partial charge in [0.05, 0.1) is 5.75 Å². The third-order valence-electron chi connectivity index (χ3n) is 4.74. The van der Waals surface area contributed by atoms with Crippen LogP contribution in [0.5, 0.6) is 0 Å². The largest absolute Gasteiger partial charge is 0.460 e. The Morgan fingerprint density at radius 2 is 1.72 bits per heavy atom. The van der Waals surface area contributed by atoms with Crippen molar-refractivity contribution in [2.45, 2.75) is 37.7 Å². The molecular formula is C20H20F3NO4S. The number of carbonyl (C=O) groups excluding carboxylic acids is 1. The van der Waals surface area contributed by atoms with E-state index >= 15 is 0 Å². The van der Waals surface area contributed by atoms with E-state index in [1.807, 2.05) is 6.07 Å². The molecule has 3 rings (SSSR count). The average molecular weight is 427 g/mol. The molecule has 1 saturated heterocycles. The zero-order valence-electron chi connectivity index (χ0n) is 15.5. The summed E-state index contributed by atoms with van der Waals surface area (Å²) in [6.07, 6.45) is 1.38. The average Bonchev–Trinajstić information content (AvgIpc) is 2.70. The second kappa shape index (κ2) is 8.96. The van der Waals surface area contributed by atoms with Crippen LogP contribution in [0.1, 0.15) is 30.4 Å². The van der Waals surface area contributed by atoms with Crippen molar-refractivity contribution in [1.29, 1.82) is 0 Å². The highest BCUT2D eigenvalue weighted by atomic mass is 32.2. The first-order valence-corrected chi connectivity index (χ1v) is 10.7. The van der Waals surface area contributed by atoms with Gasteiger partial charge < -0.3 is 4.74 Å². The predicted molar refractivity (Wildman–Crippen MR) is 99.5 cm³/mol. The Morgan fingerprint density at radius 1 is 1.07 bits per heavy atom. The van der Waals surface area contributed by atoms with Crippen molar-refractivity contribution in [2.75, 3.05) is 6.54 Å². The van der Waals surface area contributed by atoms with Crippen molar-refractivity contribution < 1.29 is 31.1 Å². The molecule has 2 aromatic rings. The third-order valence-corrected chi connectivity index (χ3v) is 6.54. The van der Waals surface area contributed by atoms with Gasteiger partial charge in [-0.25, -0.2) is 21.6 Å². The molecule has 0 spiro atoms. The van der Waals surface area contributed by atoms with Gasteiger partial charge in [-0.1, -0.05) is 30.3 Å². The van der Waals surface area contributed by atoms with Gasteiger partial charge in [-0.2, -0.15) is 4.31 Å². The van der Waals surface area contributed by atoms with Gasteiger partial charge in [0, 0.05) is 24.2 Å². The van der Waals surface area contributed by atoms with E-state index in [1.54, 1.807) is 24.3 Å². The van der Waals surface area contributed by atoms with E-state index in [2.05, 4.69) is 0 Å². The van der Waals surface area contributed by atoms with E-state index in [0.717, 1.165) is 9.87 Å². The van der Waals surface area contributed by atoms with Crippen molar-refractivity contribution in [3.05, 3.63) is 71.0 Å². The van der Waals surface area contributed by atoms with Gasteiger partial charge in [-0.3, -0.25) is 4.79 Å². The lowest BCUT2D eigenvalue weighted by atomic mass is 10.1. The number of rotatable bonds is 6. The number of ether oxygens (including phenoxy) is 1. The molecule has 2 aromatic carbocycles. The molecule has 0 aliphatic carbocycles. The molecule has 1 aliphatic heterocycles. The second-order valence-electron chi connectivity index (χ2n) is 6.82. The van der Waals surface area contributed by atoms with Gasteiger partial charge in [0.15, 0.2) is 0 Å². The molecule has 1 fully saturated rings. The zero-order chi connectivity index (χ0) is 21.0. The number of nitrogens with zero attached hydrogens (tertiary/aromatic N) is 1. The summed E-state index contributed by atoms with van der Waals surface area (Å²) in [7, 11) is -4.24. The standard InChI is InChI=1S/C20H20F3NO4S/c21-15-10-17(22)16(18(23)11-15)13-29(26,27)24-9-5-4-8-19(24)20(25)28-12-14-6-2-1-3-7-14/h1-3,6-7,10-11,19H,4-5,8-9,12-13H2/t19-/m0/s1. The number of hydrogen-bond acceptors (Lipinski definition) is 4. The number of halogens is 3. The molecule has 0 unspecified atom stereocenters. The smallest absolute Gasteiger partial charge is 0.324 e. The van der Waals surface area contributed by atoms with Crippen molar-refractivity contribution in [1.82, 2.24) is 4.31 Å². The monoisotopic (exact) mass is 427 g/mol. The van der Waals surface area contributed by atoms with Crippen LogP contribution in [-0.2, 0) is 31.9 Å². The first-order valence-electron chi connectivity index (χ1n) is 9.11. The minimum absolute atomic E-state index is 0.00865. The van der Waals surface area contributed by atoms with Crippen LogP contribution in [-0.4, -0.2) is 31.3 Å². The Labute approximate surface area is 167 Å². The lowest BCUT2D eigenvalue weighted by molar-refractivity contribution is -0.150. The minimum atomic E-state index is -4.24. The van der Waals surface area contributed by atoms with Crippen LogP contribution in [0, 0.1) is 17.5 Å². The van der Waals surface area contributed by atoms with E-state index in [1.165, 1.54) is 0 Å². The van der Waals surface area contributed by atoms with Crippen LogP contribution < -0.4 is 0 Å². The molecular weight excluding hydrogens is 407 g/mol. The Hall–Kier alpha value is -2.39. The summed E-state index contributed by atoms with van der Waals surface area (Å²) in [5.74, 6) is -5.43. The number of carbonyl (C=O) groups is 1. The van der Waals surface area contributed by atoms with Gasteiger partial charge in [0.1, 0.15) is 30.1 Å². The van der Waals surface area contributed by atoms with Gasteiger partial charge in [-0.15, -0.1) is 0 Å². The molecule has 0 amide bonds. The van der Waals surface area contributed by atoms with Crippen molar-refractivity contribution in [2.24, 2.45) is 0 Å². The fourth-order valence-electron chi connectivity index (χ4n) is 3.27. The van der Waals surface area contributed by atoms with E-state index in [-0.39, 0.29) is 19.6 Å². The molecule has 0 N–H and O–H groups in total. The number of hydrogen-bond donors (Lipinski definition) is 0. The Bertz CT molecular complexity index is 959. The fraction of sp³-hybridized carbons (Fsp3) is 0.350. The van der Waals surface area contributed by atoms with E-state index < -0.39 is 50.8 Å². The highest BCUT2D eigenvalue weighted by Gasteiger charge is 2.38. The van der Waals surface area contributed by atoms with E-state index in [9.17, 15) is 26.4 Å². The summed E-state index contributed by atoms with van der Waals surface area (Å²) in [4.78, 5) is 12.5. The summed E-state index contributed by atoms with van der Waals surface area (Å²) in [6, 6.07) is 8.70. The number of piperidine rings is 1. The second-order valence-corrected chi connectivity index (χ2v) is 8.74. The highest BCUT2D eigenvalue weighted by molar-refractivity contribution is 7.88. The lowest BCUT2D eigenvalue weighted by Crippen LogP contribution is -2.49. The van der Waals surface area contributed by atoms with Gasteiger partial charge in [-0.05, 0) is 24.8 Å². The number of benzene rings is 2. The van der Waals surface area contributed by atoms with Crippen LogP contribution in [0.25, 0.3) is 0 Å². The molecule has 1 aliphatic rings. The predicted octanol–water partition coefficient (Wildman–Crippen LogP) is 3.53. The van der Waals surface area contributed by atoms with Crippen molar-refractivity contribution in [3.63, 3.8) is 0 Å². The molecule has 0 saturated carbocycles. The van der Waals surface area contributed by atoms with Crippen LogP contribution in [0.2, 0.25) is 0 Å². The summed E-state index contributed by atoms with van der Waals surface area (Å²) < 4.78 is 72.8. The third kappa shape index (κ3) is 5.16. The highest BCUT2D eigenvalue weighted by Crippen LogP contribution is 2.26. The van der Waals surface area contributed by atoms with Crippen LogP contribution in [0.4, 0.5) is 13.2 Å². The summed E-state index contributed by atoms with van der Waals surface area (Å²) in [5, 5.41) is 0. The maximum Gasteiger partial charge on any atom is 0.324 e. The molecule has 0 aromatic heterocycles. The maximum absolute atomic E-state index is 13.9. The molecule has 0 radical (unpaired) electrons. The normalized spacial score (nSPS) is 17.8. The minimum Gasteiger partial charge on any atom is -0.460 e. The molecule has 5 nitrogen and oxygen atoms in total. The summed E-state index contributed by atoms with van der Waals surface area (Å²) in [5.41, 5.74) is -0.00472. The van der Waals surface area contributed by atoms with Crippen molar-refractivity contribution in [3.8, 4) is 0 Å². The maximum atomic E-state index is 13.9. The molecule has 0 bridgehead atoms. The summed E-state index contributed by atoms with van der Waals surface area (Å²) in [6.45, 7) is 0.0309. The molecule has 1 heterocycles. The Morgan fingerprint density at radius 3 is 2.38 bits per heavy atom. The molecule has 9 heteroatoms. The first kappa shape index (κ1) is 21.3. The SMILES string of the molecule is O=C(OCc1ccccc1)[C@@H]1CCCCN1S(=O)(=O)Cc1c(F)cc(F)cc1F. The van der Waals surface area contributed by atoms with Gasteiger partial charge in [0.2, 0.25) is 10.0 Å². The topological polar surface area (TPSA) is 63.7 Å². The van der Waals surface area contributed by atoms with Crippen LogP contribution in [0.15, 0.2) is 42.5 Å². The Kier molecular flexibility index (Phi) is 6.59. The zero-order valence-corrected chi connectivity index (χ0v) is 16.3. The van der Waals surface area contributed by atoms with Crippen LogP contribution in [0.3, 0.4) is 0 Å². The lowest BCUT2D eigenvalue weighted by Gasteiger charge is -2.33. The number of sulfonamides is 1. The quantitative estimate of drug-likeness (QED) is 0.662. The molecule has 1 atom stereocenters. The fourth-order valence-corrected chi connectivity index (χ4v) is 5.07. The Balaban J connectivity index is 1.76. The molecule has 29 heavy (non-hydrogen) atoms. The van der Waals surface area contributed by atoms with E-state index in [4.69, 9.17) is 4.74 Å². The van der Waals surface area contributed by atoms with E-state index in [0.29, 0.717) is 25.0 Å². The van der Waals surface area contributed by atoms with Gasteiger partial charge >= 0.3 is 5.97 Å². The summed E-state index contributed by atoms with van der Waals surface area (Å²) >= 11 is 0. The first-order chi connectivity index (χ1) is 13.8.